The van der Waals surface area contributed by atoms with Gasteiger partial charge in [0, 0.05) is 0 Å². The van der Waals surface area contributed by atoms with Crippen LogP contribution in [0.15, 0.2) is 18.2 Å². The molecule has 2 amide bonds. The Balaban J connectivity index is 2.08. The quantitative estimate of drug-likeness (QED) is 0.781. The molecule has 0 saturated heterocycles. The highest BCUT2D eigenvalue weighted by atomic mass is 16.2. The Morgan fingerprint density at radius 2 is 2.11 bits per heavy atom. The minimum absolute atomic E-state index is 0.106. The van der Waals surface area contributed by atoms with E-state index in [2.05, 4.69) is 10.6 Å². The molecular formula is C13H15N3O2. The second kappa shape index (κ2) is 4.01. The smallest absolute Gasteiger partial charge is 0.241 e. The highest BCUT2D eigenvalue weighted by molar-refractivity contribution is 6.19. The summed E-state index contributed by atoms with van der Waals surface area (Å²) in [5.41, 5.74) is 2.42. The first-order valence-electron chi connectivity index (χ1n) is 6.21. The number of hydrogen-bond acceptors (Lipinski definition) is 3. The van der Waals surface area contributed by atoms with Gasteiger partial charge in [-0.05, 0) is 18.6 Å². The molecule has 0 fully saturated rings. The van der Waals surface area contributed by atoms with Crippen LogP contribution in [0.5, 0.6) is 0 Å². The number of nitrogens with one attached hydrogen (secondary N) is 2. The Bertz CT molecular complexity index is 527. The maximum atomic E-state index is 12.4. The van der Waals surface area contributed by atoms with Gasteiger partial charge in [0.05, 0.1) is 23.7 Å². The molecule has 2 aliphatic heterocycles. The van der Waals surface area contributed by atoms with E-state index in [4.69, 9.17) is 0 Å². The van der Waals surface area contributed by atoms with E-state index in [-0.39, 0.29) is 11.8 Å². The molecule has 0 bridgehead atoms. The predicted octanol–water partition coefficient (Wildman–Crippen LogP) is 1.77. The van der Waals surface area contributed by atoms with Crippen LogP contribution in [0, 0.1) is 5.92 Å². The fourth-order valence-corrected chi connectivity index (χ4v) is 2.57. The van der Waals surface area contributed by atoms with Crippen LogP contribution in [0.4, 0.5) is 17.1 Å². The van der Waals surface area contributed by atoms with Crippen LogP contribution < -0.4 is 15.5 Å². The molecular weight excluding hydrogens is 230 g/mol. The Hall–Kier alpha value is -2.04. The van der Waals surface area contributed by atoms with Crippen molar-refractivity contribution in [2.75, 3.05) is 22.2 Å². The van der Waals surface area contributed by atoms with Gasteiger partial charge in [-0.25, -0.2) is 0 Å². The molecule has 18 heavy (non-hydrogen) atoms. The molecule has 1 aromatic carbocycles. The normalized spacial score (nSPS) is 21.2. The van der Waals surface area contributed by atoms with Crippen molar-refractivity contribution in [2.24, 2.45) is 5.92 Å². The van der Waals surface area contributed by atoms with Gasteiger partial charge in [-0.1, -0.05) is 19.4 Å². The van der Waals surface area contributed by atoms with Gasteiger partial charge < -0.3 is 10.6 Å². The van der Waals surface area contributed by atoms with E-state index in [0.29, 0.717) is 13.1 Å². The van der Waals surface area contributed by atoms with Crippen molar-refractivity contribution in [1.82, 2.24) is 0 Å². The van der Waals surface area contributed by atoms with Gasteiger partial charge in [0.15, 0.2) is 0 Å². The van der Waals surface area contributed by atoms with Crippen molar-refractivity contribution in [2.45, 2.75) is 19.8 Å². The maximum absolute atomic E-state index is 12.4. The first-order valence-corrected chi connectivity index (χ1v) is 6.21. The summed E-state index contributed by atoms with van der Waals surface area (Å²) >= 11 is 0. The van der Waals surface area contributed by atoms with Gasteiger partial charge in [-0.3, -0.25) is 14.5 Å². The first-order chi connectivity index (χ1) is 8.72. The number of para-hydroxylation sites is 1. The molecule has 2 heterocycles. The van der Waals surface area contributed by atoms with Gasteiger partial charge in [-0.15, -0.1) is 0 Å². The molecule has 0 aromatic heterocycles. The first kappa shape index (κ1) is 11.1. The molecule has 3 rings (SSSR count). The molecule has 0 spiro atoms. The van der Waals surface area contributed by atoms with Crippen LogP contribution in [0.3, 0.4) is 0 Å². The summed E-state index contributed by atoms with van der Waals surface area (Å²) in [6, 6.07) is 5.62. The molecule has 1 unspecified atom stereocenters. The highest BCUT2D eigenvalue weighted by Gasteiger charge is 2.38. The van der Waals surface area contributed by atoms with Gasteiger partial charge >= 0.3 is 0 Å². The van der Waals surface area contributed by atoms with Gasteiger partial charge in [0.1, 0.15) is 5.92 Å². The number of rotatable bonds is 2. The topological polar surface area (TPSA) is 61.4 Å². The Morgan fingerprint density at radius 3 is 2.89 bits per heavy atom. The average Bonchev–Trinajstić information content (AvgIpc) is 2.76. The third kappa shape index (κ3) is 1.47. The third-order valence-electron chi connectivity index (χ3n) is 3.45. The van der Waals surface area contributed by atoms with E-state index >= 15 is 0 Å². The van der Waals surface area contributed by atoms with Crippen molar-refractivity contribution in [1.29, 1.82) is 0 Å². The van der Waals surface area contributed by atoms with Crippen LogP contribution in [0.1, 0.15) is 19.8 Å². The molecule has 0 radical (unpaired) electrons. The zero-order valence-electron chi connectivity index (χ0n) is 10.2. The third-order valence-corrected chi connectivity index (χ3v) is 3.45. The summed E-state index contributed by atoms with van der Waals surface area (Å²) in [4.78, 5) is 26.1. The molecule has 1 atom stereocenters. The summed E-state index contributed by atoms with van der Waals surface area (Å²) in [5, 5.41) is 6.03. The van der Waals surface area contributed by atoms with E-state index in [9.17, 15) is 9.59 Å². The minimum atomic E-state index is -0.574. The SMILES string of the molecule is CCCC1C(=O)Nc2cccc3c2N(CN3)C1=O. The van der Waals surface area contributed by atoms with Crippen LogP contribution in [0.25, 0.3) is 0 Å². The van der Waals surface area contributed by atoms with Crippen molar-refractivity contribution in [3.05, 3.63) is 18.2 Å². The molecule has 1 aromatic rings. The number of benzene rings is 1. The summed E-state index contributed by atoms with van der Waals surface area (Å²) in [6.45, 7) is 2.42. The fraction of sp³-hybridized carbons (Fsp3) is 0.385. The van der Waals surface area contributed by atoms with Gasteiger partial charge in [0.25, 0.3) is 0 Å². The zero-order chi connectivity index (χ0) is 12.7. The second-order valence-electron chi connectivity index (χ2n) is 4.63. The van der Waals surface area contributed by atoms with Crippen LogP contribution >= 0.6 is 0 Å². The lowest BCUT2D eigenvalue weighted by atomic mass is 10.0. The van der Waals surface area contributed by atoms with Crippen molar-refractivity contribution in [3.8, 4) is 0 Å². The molecule has 5 nitrogen and oxygen atoms in total. The summed E-state index contributed by atoms with van der Waals surface area (Å²) in [7, 11) is 0. The van der Waals surface area contributed by atoms with Crippen LogP contribution in [-0.2, 0) is 9.59 Å². The molecule has 2 N–H and O–H groups in total. The number of hydrogen-bond donors (Lipinski definition) is 2. The number of anilines is 3. The lowest BCUT2D eigenvalue weighted by molar-refractivity contribution is -0.130. The number of carbonyl (C=O) groups is 2. The fourth-order valence-electron chi connectivity index (χ4n) is 2.57. The van der Waals surface area contributed by atoms with Crippen LogP contribution in [0.2, 0.25) is 0 Å². The minimum Gasteiger partial charge on any atom is -0.366 e. The molecule has 5 heteroatoms. The summed E-state index contributed by atoms with van der Waals surface area (Å²) in [6.07, 6.45) is 1.40. The number of amides is 2. The molecule has 0 aliphatic carbocycles. The van der Waals surface area contributed by atoms with Gasteiger partial charge in [-0.2, -0.15) is 0 Å². The molecule has 0 saturated carbocycles. The molecule has 2 aliphatic rings. The average molecular weight is 245 g/mol. The van der Waals surface area contributed by atoms with E-state index in [1.54, 1.807) is 4.90 Å². The lowest BCUT2D eigenvalue weighted by Gasteiger charge is -2.18. The van der Waals surface area contributed by atoms with Crippen molar-refractivity contribution < 1.29 is 9.59 Å². The van der Waals surface area contributed by atoms with Crippen LogP contribution in [-0.4, -0.2) is 18.5 Å². The summed E-state index contributed by atoms with van der Waals surface area (Å²) < 4.78 is 0. The number of nitrogens with zero attached hydrogens (tertiary/aromatic N) is 1. The Morgan fingerprint density at radius 1 is 1.33 bits per heavy atom. The molecule has 94 valence electrons. The predicted molar refractivity (Wildman–Crippen MR) is 69.4 cm³/mol. The zero-order valence-corrected chi connectivity index (χ0v) is 10.2. The van der Waals surface area contributed by atoms with E-state index in [1.807, 2.05) is 25.1 Å². The number of carbonyl (C=O) groups excluding carboxylic acids is 2. The second-order valence-corrected chi connectivity index (χ2v) is 4.63. The van der Waals surface area contributed by atoms with Crippen molar-refractivity contribution in [3.63, 3.8) is 0 Å². The van der Waals surface area contributed by atoms with E-state index < -0.39 is 5.92 Å². The summed E-state index contributed by atoms with van der Waals surface area (Å²) in [5.74, 6) is -0.870. The standard InChI is InChI=1S/C13H15N3O2/c1-2-4-8-12(17)15-10-6-3-5-9-11(10)16(7-14-9)13(8)18/h3,5-6,8,14H,2,4,7H2,1H3,(H,15,17). The van der Waals surface area contributed by atoms with E-state index in [1.165, 1.54) is 0 Å². The Labute approximate surface area is 105 Å². The lowest BCUT2D eigenvalue weighted by Crippen LogP contribution is -2.38. The van der Waals surface area contributed by atoms with Crippen molar-refractivity contribution >= 4 is 28.9 Å². The van der Waals surface area contributed by atoms with E-state index in [0.717, 1.165) is 23.5 Å². The highest BCUT2D eigenvalue weighted by Crippen LogP contribution is 2.41. The monoisotopic (exact) mass is 245 g/mol. The largest absolute Gasteiger partial charge is 0.366 e. The maximum Gasteiger partial charge on any atom is 0.241 e. The van der Waals surface area contributed by atoms with Gasteiger partial charge in [0.2, 0.25) is 11.8 Å². The Kier molecular flexibility index (Phi) is 2.47.